The Hall–Kier alpha value is 0. The second-order valence-electron chi connectivity index (χ2n) is 26.9. The molecule has 8 fully saturated rings. The first kappa shape index (κ1) is 43.6. The third kappa shape index (κ3) is 5.86. The lowest BCUT2D eigenvalue weighted by Gasteiger charge is -2.65. The van der Waals surface area contributed by atoms with Crippen molar-refractivity contribution in [2.24, 2.45) is 188 Å². The molecule has 30 unspecified atom stereocenters. The summed E-state index contributed by atoms with van der Waals surface area (Å²) >= 11 is 0. The average Bonchev–Trinajstić information content (AvgIpc) is 3.33. The molecule has 0 aromatic heterocycles. The van der Waals surface area contributed by atoms with Crippen molar-refractivity contribution in [3.63, 3.8) is 0 Å². The molecular weight excluding hydrogens is 685 g/mol. The van der Waals surface area contributed by atoms with E-state index >= 15 is 0 Å². The van der Waals surface area contributed by atoms with Crippen LogP contribution in [0, 0.1) is 188 Å². The third-order valence-corrected chi connectivity index (χ3v) is 26.5. The maximum atomic E-state index is 2.99. The molecule has 1 spiro atoms. The fourth-order valence-corrected chi connectivity index (χ4v) is 22.1. The molecule has 8 saturated carbocycles. The summed E-state index contributed by atoms with van der Waals surface area (Å²) in [6.45, 7) is 55.1. The first-order chi connectivity index (χ1) is 26.5. The van der Waals surface area contributed by atoms with E-state index in [0.717, 1.165) is 178 Å². The van der Waals surface area contributed by atoms with E-state index in [9.17, 15) is 0 Å². The molecule has 8 aliphatic rings. The normalized spacial score (nSPS) is 66.7. The molecule has 0 aliphatic heterocycles. The van der Waals surface area contributed by atoms with Crippen LogP contribution in [0.2, 0.25) is 0 Å². The maximum Gasteiger partial charge on any atom is -0.0253 e. The zero-order valence-electron chi connectivity index (χ0n) is 41.9. The highest BCUT2D eigenvalue weighted by atomic mass is 14.8. The van der Waals surface area contributed by atoms with Gasteiger partial charge in [0.05, 0.1) is 0 Å². The second-order valence-corrected chi connectivity index (χ2v) is 26.9. The first-order valence-electron chi connectivity index (χ1n) is 26.5. The SMILES string of the molecule is CC1C(C)C(C)C(C2(C)CC3(CC4CCC5C(C)C(C)C(C)C(C)C5C4C4C(C3)C(C)C(C)C3C(C)C(C)C(C)C(C)C34)C3C(C)C(C)C(C)C(C)C32)C(C)C1C. The summed E-state index contributed by atoms with van der Waals surface area (Å²) in [4.78, 5) is 0. The lowest BCUT2D eigenvalue weighted by atomic mass is 9.40. The quantitative estimate of drug-likeness (QED) is 0.248. The smallest absolute Gasteiger partial charge is 0.0253 e. The van der Waals surface area contributed by atoms with Gasteiger partial charge in [-0.05, 0) is 220 Å². The fraction of sp³-hybridized carbons (Fsp3) is 1.00. The van der Waals surface area contributed by atoms with Gasteiger partial charge < -0.3 is 0 Å². The van der Waals surface area contributed by atoms with Crippen LogP contribution < -0.4 is 0 Å². The van der Waals surface area contributed by atoms with Gasteiger partial charge in [0, 0.05) is 0 Å². The van der Waals surface area contributed by atoms with E-state index in [2.05, 4.69) is 138 Å². The minimum Gasteiger partial charge on any atom is -0.0620 e. The molecule has 30 atom stereocenters. The lowest BCUT2D eigenvalue weighted by Crippen LogP contribution is -2.60. The van der Waals surface area contributed by atoms with Crippen molar-refractivity contribution >= 4 is 0 Å². The Morgan fingerprint density at radius 3 is 1.21 bits per heavy atom. The summed E-state index contributed by atoms with van der Waals surface area (Å²) in [5.41, 5.74) is 0.928. The van der Waals surface area contributed by atoms with E-state index < -0.39 is 0 Å². The first-order valence-corrected chi connectivity index (χ1v) is 26.5. The van der Waals surface area contributed by atoms with E-state index in [1.54, 1.807) is 25.7 Å². The summed E-state index contributed by atoms with van der Waals surface area (Å²) in [5.74, 6) is 26.1. The zero-order chi connectivity index (χ0) is 41.9. The molecule has 0 aromatic rings. The molecule has 0 heteroatoms. The van der Waals surface area contributed by atoms with Gasteiger partial charge in [0.25, 0.3) is 0 Å². The third-order valence-electron chi connectivity index (χ3n) is 26.5. The number of fused-ring (bicyclic) bond motifs is 9. The summed E-state index contributed by atoms with van der Waals surface area (Å²) in [6.07, 6.45) is 7.83. The highest BCUT2D eigenvalue weighted by Crippen LogP contribution is 2.78. The van der Waals surface area contributed by atoms with Crippen molar-refractivity contribution in [3.05, 3.63) is 0 Å². The average molecular weight is 785 g/mol. The van der Waals surface area contributed by atoms with Gasteiger partial charge in [-0.25, -0.2) is 0 Å². The fourth-order valence-electron chi connectivity index (χ4n) is 22.1. The van der Waals surface area contributed by atoms with Crippen LogP contribution in [0.15, 0.2) is 0 Å². The van der Waals surface area contributed by atoms with Crippen molar-refractivity contribution in [1.82, 2.24) is 0 Å². The van der Waals surface area contributed by atoms with Gasteiger partial charge in [-0.2, -0.15) is 0 Å². The van der Waals surface area contributed by atoms with Gasteiger partial charge in [0.1, 0.15) is 0 Å². The summed E-state index contributed by atoms with van der Waals surface area (Å²) in [6, 6.07) is 0. The molecule has 8 aliphatic carbocycles. The lowest BCUT2D eigenvalue weighted by molar-refractivity contribution is -0.172. The highest BCUT2D eigenvalue weighted by Gasteiger charge is 2.72. The van der Waals surface area contributed by atoms with E-state index in [0.29, 0.717) is 10.8 Å². The van der Waals surface area contributed by atoms with Gasteiger partial charge in [-0.1, -0.05) is 138 Å². The molecule has 57 heavy (non-hydrogen) atoms. The summed E-state index contributed by atoms with van der Waals surface area (Å²) in [7, 11) is 0. The van der Waals surface area contributed by atoms with Crippen molar-refractivity contribution in [1.29, 1.82) is 0 Å². The van der Waals surface area contributed by atoms with Crippen LogP contribution in [0.1, 0.15) is 171 Å². The van der Waals surface area contributed by atoms with Crippen LogP contribution in [0.3, 0.4) is 0 Å². The molecule has 0 N–H and O–H groups in total. The summed E-state index contributed by atoms with van der Waals surface area (Å²) in [5, 5.41) is 0. The predicted octanol–water partition coefficient (Wildman–Crippen LogP) is 15.9. The van der Waals surface area contributed by atoms with E-state index in [4.69, 9.17) is 0 Å². The van der Waals surface area contributed by atoms with Crippen molar-refractivity contribution < 1.29 is 0 Å². The number of hydrogen-bond donors (Lipinski definition) is 0. The number of rotatable bonds is 1. The van der Waals surface area contributed by atoms with Gasteiger partial charge >= 0.3 is 0 Å². The molecule has 0 bridgehead atoms. The molecule has 0 radical (unpaired) electrons. The Labute approximate surface area is 357 Å². The number of hydrogen-bond acceptors (Lipinski definition) is 0. The Morgan fingerprint density at radius 1 is 0.281 bits per heavy atom. The molecule has 0 nitrogen and oxygen atoms in total. The largest absolute Gasteiger partial charge is 0.0620 e. The van der Waals surface area contributed by atoms with Gasteiger partial charge in [0.2, 0.25) is 0 Å². The molecule has 0 heterocycles. The van der Waals surface area contributed by atoms with Crippen LogP contribution in [-0.4, -0.2) is 0 Å². The van der Waals surface area contributed by atoms with Gasteiger partial charge in [-0.15, -0.1) is 0 Å². The summed E-state index contributed by atoms with van der Waals surface area (Å²) < 4.78 is 0. The topological polar surface area (TPSA) is 0 Å². The minimum absolute atomic E-state index is 0.431. The second kappa shape index (κ2) is 14.8. The molecular formula is C57H100. The van der Waals surface area contributed by atoms with Crippen LogP contribution in [0.25, 0.3) is 0 Å². The molecule has 0 saturated heterocycles. The zero-order valence-corrected chi connectivity index (χ0v) is 41.9. The van der Waals surface area contributed by atoms with Crippen molar-refractivity contribution in [2.45, 2.75) is 171 Å². The Kier molecular flexibility index (Phi) is 11.3. The van der Waals surface area contributed by atoms with E-state index in [-0.39, 0.29) is 0 Å². The van der Waals surface area contributed by atoms with Crippen molar-refractivity contribution in [3.8, 4) is 0 Å². The van der Waals surface area contributed by atoms with Crippen LogP contribution >= 0.6 is 0 Å². The minimum atomic E-state index is 0.431. The predicted molar refractivity (Wildman–Crippen MR) is 246 cm³/mol. The Balaban J connectivity index is 1.34. The van der Waals surface area contributed by atoms with Gasteiger partial charge in [0.15, 0.2) is 0 Å². The van der Waals surface area contributed by atoms with E-state index in [1.165, 1.54) is 6.42 Å². The molecule has 0 aromatic carbocycles. The van der Waals surface area contributed by atoms with Crippen molar-refractivity contribution in [2.75, 3.05) is 0 Å². The maximum absolute atomic E-state index is 2.99. The van der Waals surface area contributed by atoms with Gasteiger partial charge in [-0.3, -0.25) is 0 Å². The molecule has 328 valence electrons. The molecule has 0 amide bonds. The van der Waals surface area contributed by atoms with Crippen LogP contribution in [0.4, 0.5) is 0 Å². The van der Waals surface area contributed by atoms with Crippen LogP contribution in [-0.2, 0) is 0 Å². The Morgan fingerprint density at radius 2 is 0.667 bits per heavy atom. The molecule has 8 rings (SSSR count). The highest BCUT2D eigenvalue weighted by molar-refractivity contribution is 5.20. The standard InChI is InChI=1S/C57H100/c1-26-31(6)41(16)53(42(17)32(26)7)56(20)25-57(55-44(19)34(9)33(8)43(18)54(55)56)23-45-21-22-46-35(10)27(2)28(3)38(13)49(46)51(45)52-47(24-57)36(11)40(15)48-37(12)29(4)30(5)39(14)50(48)52/h26-55H,21-25H2,1-20H3. The Bertz CT molecular complexity index is 1430. The van der Waals surface area contributed by atoms with Crippen LogP contribution in [0.5, 0.6) is 0 Å². The monoisotopic (exact) mass is 785 g/mol. The van der Waals surface area contributed by atoms with E-state index in [1.807, 2.05) is 0 Å².